The molecule has 0 spiro atoms. The molecule has 0 fully saturated rings. The number of carbonyl (C=O) groups is 2. The lowest BCUT2D eigenvalue weighted by atomic mass is 9.79. The van der Waals surface area contributed by atoms with Crippen LogP contribution in [0.15, 0.2) is 0 Å². The van der Waals surface area contributed by atoms with Gasteiger partial charge in [0.25, 0.3) is 0 Å². The van der Waals surface area contributed by atoms with Crippen LogP contribution in [-0.2, 0) is 9.59 Å². The summed E-state index contributed by atoms with van der Waals surface area (Å²) < 4.78 is 0. The lowest BCUT2D eigenvalue weighted by molar-refractivity contribution is -0.166. The van der Waals surface area contributed by atoms with E-state index in [1.807, 2.05) is 6.92 Å². The lowest BCUT2D eigenvalue weighted by Gasteiger charge is -2.24. The van der Waals surface area contributed by atoms with E-state index < -0.39 is 17.4 Å². The Hall–Kier alpha value is -1.10. The summed E-state index contributed by atoms with van der Waals surface area (Å²) in [5.41, 5.74) is -1.72. The molecule has 0 bridgehead atoms. The fraction of sp³-hybridized carbons (Fsp3) is 0.800. The highest BCUT2D eigenvalue weighted by Gasteiger charge is 2.45. The molecule has 5 heteroatoms. The summed E-state index contributed by atoms with van der Waals surface area (Å²) in [6, 6.07) is 0. The van der Waals surface area contributed by atoms with Gasteiger partial charge in [-0.15, -0.1) is 0 Å². The maximum absolute atomic E-state index is 11.0. The Labute approximate surface area is 88.7 Å². The number of aliphatic carboxylic acids is 2. The van der Waals surface area contributed by atoms with Gasteiger partial charge in [-0.1, -0.05) is 19.8 Å². The number of carboxylic acid groups (broad SMARTS) is 2. The Morgan fingerprint density at radius 2 is 1.53 bits per heavy atom. The smallest absolute Gasteiger partial charge is 0.321 e. The van der Waals surface area contributed by atoms with Gasteiger partial charge in [0.15, 0.2) is 5.41 Å². The van der Waals surface area contributed by atoms with E-state index >= 15 is 0 Å². The van der Waals surface area contributed by atoms with E-state index in [0.717, 1.165) is 6.42 Å². The van der Waals surface area contributed by atoms with E-state index in [0.29, 0.717) is 6.42 Å². The molecule has 0 aromatic heterocycles. The number of hydrogen-bond acceptors (Lipinski definition) is 3. The SMILES string of the molecule is CCCCC(CCCO)(C(=O)O)C(=O)O. The lowest BCUT2D eigenvalue weighted by Crippen LogP contribution is -2.39. The molecular formula is C10H18O5. The standard InChI is InChI=1S/C10H18O5/c1-2-3-5-10(8(12)13,9(14)15)6-4-7-11/h11H,2-7H2,1H3,(H,12,13)(H,14,15). The average molecular weight is 218 g/mol. The first-order valence-corrected chi connectivity index (χ1v) is 5.09. The normalized spacial score (nSPS) is 11.3. The Morgan fingerprint density at radius 3 is 1.87 bits per heavy atom. The monoisotopic (exact) mass is 218 g/mol. The van der Waals surface area contributed by atoms with Crippen molar-refractivity contribution in [3.63, 3.8) is 0 Å². The largest absolute Gasteiger partial charge is 0.480 e. The van der Waals surface area contributed by atoms with Crippen molar-refractivity contribution >= 4 is 11.9 Å². The molecule has 0 saturated carbocycles. The van der Waals surface area contributed by atoms with E-state index in [4.69, 9.17) is 15.3 Å². The fourth-order valence-corrected chi connectivity index (χ4v) is 1.50. The first kappa shape index (κ1) is 13.9. The minimum absolute atomic E-state index is 0.0197. The Bertz CT molecular complexity index is 200. The van der Waals surface area contributed by atoms with Crippen molar-refractivity contribution in [2.24, 2.45) is 5.41 Å². The van der Waals surface area contributed by atoms with Crippen molar-refractivity contribution < 1.29 is 24.9 Å². The third-order valence-corrected chi connectivity index (χ3v) is 2.54. The molecule has 0 aromatic rings. The van der Waals surface area contributed by atoms with Crippen LogP contribution in [-0.4, -0.2) is 33.9 Å². The van der Waals surface area contributed by atoms with Gasteiger partial charge in [-0.25, -0.2) is 0 Å². The molecule has 0 amide bonds. The molecule has 88 valence electrons. The van der Waals surface area contributed by atoms with Gasteiger partial charge in [-0.3, -0.25) is 9.59 Å². The van der Waals surface area contributed by atoms with Crippen LogP contribution in [0.4, 0.5) is 0 Å². The fourth-order valence-electron chi connectivity index (χ4n) is 1.50. The molecule has 3 N–H and O–H groups in total. The number of carboxylic acids is 2. The van der Waals surface area contributed by atoms with Crippen LogP contribution in [0.25, 0.3) is 0 Å². The third kappa shape index (κ3) is 3.51. The van der Waals surface area contributed by atoms with Gasteiger partial charge in [0, 0.05) is 6.61 Å². The molecule has 0 rings (SSSR count). The van der Waals surface area contributed by atoms with Crippen LogP contribution in [0.3, 0.4) is 0 Å². The summed E-state index contributed by atoms with van der Waals surface area (Å²) in [4.78, 5) is 22.0. The number of hydrogen-bond donors (Lipinski definition) is 3. The number of rotatable bonds is 8. The zero-order valence-electron chi connectivity index (χ0n) is 8.90. The maximum atomic E-state index is 11.0. The summed E-state index contributed by atoms with van der Waals surface area (Å²) in [5, 5.41) is 26.6. The van der Waals surface area contributed by atoms with Crippen molar-refractivity contribution in [2.75, 3.05) is 6.61 Å². The van der Waals surface area contributed by atoms with E-state index in [-0.39, 0.29) is 25.9 Å². The molecule has 0 unspecified atom stereocenters. The molecule has 0 aromatic carbocycles. The van der Waals surface area contributed by atoms with Crippen LogP contribution in [0.1, 0.15) is 39.0 Å². The Balaban J connectivity index is 4.73. The predicted molar refractivity (Wildman–Crippen MR) is 53.5 cm³/mol. The quantitative estimate of drug-likeness (QED) is 0.530. The molecule has 0 aliphatic rings. The first-order chi connectivity index (χ1) is 7.01. The maximum Gasteiger partial charge on any atom is 0.321 e. The van der Waals surface area contributed by atoms with E-state index in [1.165, 1.54) is 0 Å². The second kappa shape index (κ2) is 6.40. The van der Waals surface area contributed by atoms with Crippen molar-refractivity contribution in [3.05, 3.63) is 0 Å². The zero-order chi connectivity index (χ0) is 11.9. The zero-order valence-corrected chi connectivity index (χ0v) is 8.90. The van der Waals surface area contributed by atoms with Gasteiger partial charge in [0.1, 0.15) is 0 Å². The third-order valence-electron chi connectivity index (χ3n) is 2.54. The highest BCUT2D eigenvalue weighted by atomic mass is 16.4. The summed E-state index contributed by atoms with van der Waals surface area (Å²) in [6.45, 7) is 1.69. The minimum atomic E-state index is -1.72. The first-order valence-electron chi connectivity index (χ1n) is 5.09. The summed E-state index contributed by atoms with van der Waals surface area (Å²) in [5.74, 6) is -2.62. The van der Waals surface area contributed by atoms with Crippen LogP contribution in [0.5, 0.6) is 0 Å². The van der Waals surface area contributed by atoms with Crippen molar-refractivity contribution in [1.82, 2.24) is 0 Å². The van der Waals surface area contributed by atoms with Gasteiger partial charge in [-0.05, 0) is 19.3 Å². The molecule has 0 saturated heterocycles. The van der Waals surface area contributed by atoms with Crippen LogP contribution in [0, 0.1) is 5.41 Å². The highest BCUT2D eigenvalue weighted by Crippen LogP contribution is 2.31. The number of unbranched alkanes of at least 4 members (excludes halogenated alkanes) is 1. The Kier molecular flexibility index (Phi) is 5.93. The summed E-state index contributed by atoms with van der Waals surface area (Å²) in [7, 11) is 0. The molecule has 15 heavy (non-hydrogen) atoms. The number of aliphatic hydroxyl groups is 1. The van der Waals surface area contributed by atoms with Gasteiger partial charge >= 0.3 is 11.9 Å². The molecule has 0 heterocycles. The van der Waals surface area contributed by atoms with Gasteiger partial charge in [0.05, 0.1) is 0 Å². The highest BCUT2D eigenvalue weighted by molar-refractivity contribution is 5.98. The molecule has 0 aliphatic carbocycles. The van der Waals surface area contributed by atoms with Gasteiger partial charge in [0.2, 0.25) is 0 Å². The summed E-state index contributed by atoms with van der Waals surface area (Å²) >= 11 is 0. The number of aliphatic hydroxyl groups excluding tert-OH is 1. The molecular weight excluding hydrogens is 200 g/mol. The van der Waals surface area contributed by atoms with Gasteiger partial charge in [-0.2, -0.15) is 0 Å². The van der Waals surface area contributed by atoms with Crippen molar-refractivity contribution in [1.29, 1.82) is 0 Å². The van der Waals surface area contributed by atoms with Crippen LogP contribution >= 0.6 is 0 Å². The van der Waals surface area contributed by atoms with E-state index in [1.54, 1.807) is 0 Å². The molecule has 0 atom stereocenters. The predicted octanol–water partition coefficient (Wildman–Crippen LogP) is 1.10. The molecule has 0 radical (unpaired) electrons. The topological polar surface area (TPSA) is 94.8 Å². The average Bonchev–Trinajstić information content (AvgIpc) is 2.17. The molecule has 5 nitrogen and oxygen atoms in total. The van der Waals surface area contributed by atoms with E-state index in [2.05, 4.69) is 0 Å². The van der Waals surface area contributed by atoms with Gasteiger partial charge < -0.3 is 15.3 Å². The van der Waals surface area contributed by atoms with E-state index in [9.17, 15) is 9.59 Å². The minimum Gasteiger partial charge on any atom is -0.480 e. The van der Waals surface area contributed by atoms with Crippen molar-refractivity contribution in [3.8, 4) is 0 Å². The molecule has 0 aliphatic heterocycles. The Morgan fingerprint density at radius 1 is 1.07 bits per heavy atom. The second-order valence-corrected chi connectivity index (χ2v) is 3.62. The second-order valence-electron chi connectivity index (χ2n) is 3.62. The summed E-state index contributed by atoms with van der Waals surface area (Å²) in [6.07, 6.45) is 1.61. The van der Waals surface area contributed by atoms with Crippen LogP contribution in [0.2, 0.25) is 0 Å². The van der Waals surface area contributed by atoms with Crippen molar-refractivity contribution in [2.45, 2.75) is 39.0 Å². The van der Waals surface area contributed by atoms with Crippen LogP contribution < -0.4 is 0 Å².